The number of nitrogens with one attached hydrogen (secondary N) is 1. The van der Waals surface area contributed by atoms with E-state index >= 15 is 0 Å². The minimum Gasteiger partial charge on any atom is -0.352 e. The lowest BCUT2D eigenvalue weighted by molar-refractivity contribution is 0.383. The molecule has 0 aliphatic carbocycles. The first kappa shape index (κ1) is 19.4. The lowest BCUT2D eigenvalue weighted by atomic mass is 10.2. The molecule has 1 fully saturated rings. The molecule has 0 radical (unpaired) electrons. The highest BCUT2D eigenvalue weighted by Crippen LogP contribution is 2.21. The normalized spacial score (nSPS) is 15.3. The highest BCUT2D eigenvalue weighted by molar-refractivity contribution is 7.89. The van der Waals surface area contributed by atoms with Crippen molar-refractivity contribution in [3.8, 4) is 0 Å². The molecule has 29 heavy (non-hydrogen) atoms. The topological polar surface area (TPSA) is 78.4 Å². The maximum absolute atomic E-state index is 12.8. The van der Waals surface area contributed by atoms with Crippen molar-refractivity contribution < 1.29 is 8.42 Å². The summed E-state index contributed by atoms with van der Waals surface area (Å²) < 4.78 is 27.2. The molecule has 0 spiro atoms. The lowest BCUT2D eigenvalue weighted by Crippen LogP contribution is -2.49. The molecule has 1 saturated heterocycles. The molecule has 2 heterocycles. The fraction of sp³-hybridized carbons (Fsp3) is 0.238. The van der Waals surface area contributed by atoms with Gasteiger partial charge < -0.3 is 10.2 Å². The van der Waals surface area contributed by atoms with Gasteiger partial charge in [0.1, 0.15) is 0 Å². The van der Waals surface area contributed by atoms with Gasteiger partial charge in [0.05, 0.1) is 4.90 Å². The Hall–Kier alpha value is -2.97. The zero-order valence-electron chi connectivity index (χ0n) is 16.2. The van der Waals surface area contributed by atoms with Crippen molar-refractivity contribution >= 4 is 27.3 Å². The molecule has 1 aromatic heterocycles. The van der Waals surface area contributed by atoms with Crippen LogP contribution in [-0.2, 0) is 10.0 Å². The highest BCUT2D eigenvalue weighted by atomic mass is 32.2. The standard InChI is InChI=1S/C21H23N5O2S/c1-17-7-9-19(10-8-17)29(27,28)26-15-13-25(14-16-26)21-12-11-20(23-24-21)22-18-5-3-2-4-6-18/h2-12H,13-16H2,1H3,(H,22,23). The first-order valence-electron chi connectivity index (χ1n) is 9.50. The Morgan fingerprint density at radius 1 is 0.828 bits per heavy atom. The summed E-state index contributed by atoms with van der Waals surface area (Å²) in [5, 5.41) is 11.7. The van der Waals surface area contributed by atoms with E-state index in [1.54, 1.807) is 12.1 Å². The predicted octanol–water partition coefficient (Wildman–Crippen LogP) is 3.04. The molecule has 8 heteroatoms. The summed E-state index contributed by atoms with van der Waals surface area (Å²) in [5.74, 6) is 1.41. The lowest BCUT2D eigenvalue weighted by Gasteiger charge is -2.34. The second-order valence-electron chi connectivity index (χ2n) is 6.97. The third kappa shape index (κ3) is 4.38. The average molecular weight is 410 g/mol. The molecule has 0 unspecified atom stereocenters. The van der Waals surface area contributed by atoms with Crippen molar-refractivity contribution in [1.82, 2.24) is 14.5 Å². The van der Waals surface area contributed by atoms with Crippen LogP contribution in [0.15, 0.2) is 71.6 Å². The summed E-state index contributed by atoms with van der Waals surface area (Å²) in [5.41, 5.74) is 1.99. The summed E-state index contributed by atoms with van der Waals surface area (Å²) in [4.78, 5) is 2.40. The predicted molar refractivity (Wildman–Crippen MR) is 114 cm³/mol. The Labute approximate surface area is 171 Å². The molecule has 4 rings (SSSR count). The van der Waals surface area contributed by atoms with Crippen LogP contribution in [0.5, 0.6) is 0 Å². The van der Waals surface area contributed by atoms with E-state index < -0.39 is 10.0 Å². The third-order valence-corrected chi connectivity index (χ3v) is 6.83. The Balaban J connectivity index is 1.38. The number of nitrogens with zero attached hydrogens (tertiary/aromatic N) is 4. The number of aromatic nitrogens is 2. The fourth-order valence-corrected chi connectivity index (χ4v) is 4.67. The first-order chi connectivity index (χ1) is 14.0. The number of hydrogen-bond donors (Lipinski definition) is 1. The first-order valence-corrected chi connectivity index (χ1v) is 10.9. The van der Waals surface area contributed by atoms with Gasteiger partial charge in [-0.15, -0.1) is 10.2 Å². The van der Waals surface area contributed by atoms with Crippen molar-refractivity contribution in [2.45, 2.75) is 11.8 Å². The van der Waals surface area contributed by atoms with Crippen LogP contribution >= 0.6 is 0 Å². The molecule has 1 aliphatic rings. The van der Waals surface area contributed by atoms with Gasteiger partial charge in [0, 0.05) is 31.9 Å². The van der Waals surface area contributed by atoms with E-state index in [0.717, 1.165) is 17.1 Å². The van der Waals surface area contributed by atoms with Crippen LogP contribution in [0, 0.1) is 6.92 Å². The molecule has 2 aromatic carbocycles. The highest BCUT2D eigenvalue weighted by Gasteiger charge is 2.28. The largest absolute Gasteiger partial charge is 0.352 e. The molecule has 3 aromatic rings. The monoisotopic (exact) mass is 409 g/mol. The van der Waals surface area contributed by atoms with Crippen LogP contribution in [0.3, 0.4) is 0 Å². The van der Waals surface area contributed by atoms with E-state index in [-0.39, 0.29) is 0 Å². The Kier molecular flexibility index (Phi) is 5.46. The second kappa shape index (κ2) is 8.18. The van der Waals surface area contributed by atoms with Gasteiger partial charge in [-0.05, 0) is 43.3 Å². The minimum atomic E-state index is -3.47. The molecule has 0 amide bonds. The smallest absolute Gasteiger partial charge is 0.243 e. The maximum Gasteiger partial charge on any atom is 0.243 e. The molecule has 1 N–H and O–H groups in total. The number of hydrogen-bond acceptors (Lipinski definition) is 6. The summed E-state index contributed by atoms with van der Waals surface area (Å²) in [6.07, 6.45) is 0. The Morgan fingerprint density at radius 3 is 2.14 bits per heavy atom. The maximum atomic E-state index is 12.8. The average Bonchev–Trinajstić information content (AvgIpc) is 2.75. The van der Waals surface area contributed by atoms with Crippen molar-refractivity contribution in [3.05, 3.63) is 72.3 Å². The van der Waals surface area contributed by atoms with Crippen molar-refractivity contribution in [3.63, 3.8) is 0 Å². The van der Waals surface area contributed by atoms with Crippen molar-refractivity contribution in [2.75, 3.05) is 36.4 Å². The minimum absolute atomic E-state index is 0.340. The Bertz CT molecular complexity index is 1050. The number of benzene rings is 2. The van der Waals surface area contributed by atoms with Crippen LogP contribution in [0.25, 0.3) is 0 Å². The van der Waals surface area contributed by atoms with Crippen LogP contribution in [0.4, 0.5) is 17.3 Å². The summed E-state index contributed by atoms with van der Waals surface area (Å²) >= 11 is 0. The number of para-hydroxylation sites is 1. The number of aryl methyl sites for hydroxylation is 1. The van der Waals surface area contributed by atoms with Crippen LogP contribution in [0.1, 0.15) is 5.56 Å². The quantitative estimate of drug-likeness (QED) is 0.698. The van der Waals surface area contributed by atoms with Gasteiger partial charge in [-0.3, -0.25) is 0 Å². The van der Waals surface area contributed by atoms with Crippen molar-refractivity contribution in [2.24, 2.45) is 0 Å². The van der Waals surface area contributed by atoms with E-state index in [1.165, 1.54) is 4.31 Å². The summed E-state index contributed by atoms with van der Waals surface area (Å²) in [6, 6.07) is 20.6. The summed E-state index contributed by atoms with van der Waals surface area (Å²) in [6.45, 7) is 3.93. The number of rotatable bonds is 5. The van der Waals surface area contributed by atoms with Gasteiger partial charge in [-0.2, -0.15) is 4.31 Å². The number of anilines is 3. The second-order valence-corrected chi connectivity index (χ2v) is 8.91. The third-order valence-electron chi connectivity index (χ3n) is 4.92. The van der Waals surface area contributed by atoms with Crippen LogP contribution < -0.4 is 10.2 Å². The van der Waals surface area contributed by atoms with Gasteiger partial charge in [0.2, 0.25) is 10.0 Å². The molecular weight excluding hydrogens is 386 g/mol. The zero-order valence-corrected chi connectivity index (χ0v) is 17.0. The molecule has 7 nitrogen and oxygen atoms in total. The van der Waals surface area contributed by atoms with E-state index in [2.05, 4.69) is 20.4 Å². The molecule has 0 atom stereocenters. The number of piperazine rings is 1. The fourth-order valence-electron chi connectivity index (χ4n) is 3.25. The van der Waals surface area contributed by atoms with Gasteiger partial charge in [-0.1, -0.05) is 35.9 Å². The molecule has 0 saturated carbocycles. The van der Waals surface area contributed by atoms with Gasteiger partial charge in [0.15, 0.2) is 11.6 Å². The molecular formula is C21H23N5O2S. The van der Waals surface area contributed by atoms with E-state index in [1.807, 2.05) is 61.5 Å². The van der Waals surface area contributed by atoms with Gasteiger partial charge in [0.25, 0.3) is 0 Å². The number of sulfonamides is 1. The zero-order chi connectivity index (χ0) is 20.3. The van der Waals surface area contributed by atoms with E-state index in [4.69, 9.17) is 0 Å². The van der Waals surface area contributed by atoms with Gasteiger partial charge >= 0.3 is 0 Å². The van der Waals surface area contributed by atoms with E-state index in [9.17, 15) is 8.42 Å². The van der Waals surface area contributed by atoms with E-state index in [0.29, 0.717) is 36.9 Å². The van der Waals surface area contributed by atoms with Crippen molar-refractivity contribution in [1.29, 1.82) is 0 Å². The van der Waals surface area contributed by atoms with Gasteiger partial charge in [-0.25, -0.2) is 8.42 Å². The summed E-state index contributed by atoms with van der Waals surface area (Å²) in [7, 11) is -3.47. The SMILES string of the molecule is Cc1ccc(S(=O)(=O)N2CCN(c3ccc(Nc4ccccc4)nn3)CC2)cc1. The van der Waals surface area contributed by atoms with Crippen LogP contribution in [-0.4, -0.2) is 49.1 Å². The molecule has 1 aliphatic heterocycles. The van der Waals surface area contributed by atoms with Crippen LogP contribution in [0.2, 0.25) is 0 Å². The molecule has 150 valence electrons. The Morgan fingerprint density at radius 2 is 1.52 bits per heavy atom. The molecule has 0 bridgehead atoms.